The summed E-state index contributed by atoms with van der Waals surface area (Å²) in [6, 6.07) is 61.7. The first-order valence-electron chi connectivity index (χ1n) is 17.1. The second kappa shape index (κ2) is 12.9. The molecule has 5 heteroatoms. The van der Waals surface area contributed by atoms with Gasteiger partial charge in [-0.25, -0.2) is 19.8 Å². The summed E-state index contributed by atoms with van der Waals surface area (Å²) in [5.74, 6) is 3.33. The van der Waals surface area contributed by atoms with E-state index >= 15 is 0 Å². The van der Waals surface area contributed by atoms with Crippen LogP contribution in [0.25, 0.3) is 50.1 Å². The van der Waals surface area contributed by atoms with Gasteiger partial charge in [0, 0.05) is 27.8 Å². The van der Waals surface area contributed by atoms with Crippen LogP contribution in [0.2, 0.25) is 0 Å². The highest BCUT2D eigenvalue weighted by Crippen LogP contribution is 2.55. The molecule has 9 rings (SSSR count). The van der Waals surface area contributed by atoms with Crippen LogP contribution < -0.4 is 4.74 Å². The monoisotopic (exact) mass is 666 g/mol. The minimum Gasteiger partial charge on any atom is -0.457 e. The van der Waals surface area contributed by atoms with Crippen LogP contribution in [0.1, 0.15) is 22.3 Å². The van der Waals surface area contributed by atoms with Crippen molar-refractivity contribution in [2.45, 2.75) is 5.41 Å². The standard InChI is InChI=1S/C47H30N4O/c1-48-39-21-13-16-35(30-39)32-24-26-34(27-25-32)45-49-44(33-14-5-2-6-15-33)50-46(51-45)36-28-29-43-41(31-36)47(37-17-7-3-8-18-37,38-19-9-4-10-20-38)40-22-11-12-23-42(40)52-43/h2-31H. The molecule has 0 N–H and O–H groups in total. The maximum absolute atomic E-state index is 7.42. The van der Waals surface area contributed by atoms with E-state index in [-0.39, 0.29) is 0 Å². The van der Waals surface area contributed by atoms with Crippen LogP contribution in [0.3, 0.4) is 0 Å². The Morgan fingerprint density at radius 2 is 0.904 bits per heavy atom. The van der Waals surface area contributed by atoms with E-state index in [4.69, 9.17) is 26.3 Å². The van der Waals surface area contributed by atoms with Gasteiger partial charge in [-0.1, -0.05) is 152 Å². The third-order valence-electron chi connectivity index (χ3n) is 9.69. The lowest BCUT2D eigenvalue weighted by Gasteiger charge is -2.41. The fourth-order valence-electron chi connectivity index (χ4n) is 7.26. The summed E-state index contributed by atoms with van der Waals surface area (Å²) in [5, 5.41) is 0. The Hall–Kier alpha value is -7.16. The fourth-order valence-corrected chi connectivity index (χ4v) is 7.26. The molecule has 0 atom stereocenters. The lowest BCUT2D eigenvalue weighted by atomic mass is 9.63. The molecule has 0 unspecified atom stereocenters. The summed E-state index contributed by atoms with van der Waals surface area (Å²) in [6.07, 6.45) is 0. The van der Waals surface area contributed by atoms with E-state index in [1.165, 1.54) is 0 Å². The predicted octanol–water partition coefficient (Wildman–Crippen LogP) is 11.6. The Labute approximate surface area is 302 Å². The lowest BCUT2D eigenvalue weighted by molar-refractivity contribution is 0.434. The largest absolute Gasteiger partial charge is 0.457 e. The van der Waals surface area contributed by atoms with Crippen LogP contribution >= 0.6 is 0 Å². The quantitative estimate of drug-likeness (QED) is 0.166. The molecule has 2 heterocycles. The summed E-state index contributed by atoms with van der Waals surface area (Å²) >= 11 is 0. The third-order valence-corrected chi connectivity index (χ3v) is 9.69. The first-order valence-corrected chi connectivity index (χ1v) is 17.1. The Morgan fingerprint density at radius 3 is 1.56 bits per heavy atom. The second-order valence-electron chi connectivity index (χ2n) is 12.7. The molecule has 0 radical (unpaired) electrons. The molecule has 1 aliphatic heterocycles. The van der Waals surface area contributed by atoms with Gasteiger partial charge in [0.25, 0.3) is 0 Å². The zero-order valence-electron chi connectivity index (χ0n) is 28.0. The van der Waals surface area contributed by atoms with Gasteiger partial charge in [-0.2, -0.15) is 0 Å². The predicted molar refractivity (Wildman–Crippen MR) is 206 cm³/mol. The summed E-state index contributed by atoms with van der Waals surface area (Å²) in [7, 11) is 0. The van der Waals surface area contributed by atoms with Crippen LogP contribution in [-0.4, -0.2) is 15.0 Å². The van der Waals surface area contributed by atoms with E-state index in [1.807, 2.05) is 103 Å². The van der Waals surface area contributed by atoms with Crippen molar-refractivity contribution in [1.29, 1.82) is 0 Å². The second-order valence-corrected chi connectivity index (χ2v) is 12.7. The Kier molecular flexibility index (Phi) is 7.68. The van der Waals surface area contributed by atoms with Crippen molar-refractivity contribution in [3.8, 4) is 56.8 Å². The average Bonchev–Trinajstić information content (AvgIpc) is 3.23. The van der Waals surface area contributed by atoms with Gasteiger partial charge in [-0.15, -0.1) is 0 Å². The molecule has 1 aromatic heterocycles. The number of rotatable bonds is 6. The minimum absolute atomic E-state index is 0.564. The van der Waals surface area contributed by atoms with Crippen molar-refractivity contribution in [3.05, 3.63) is 216 Å². The molecule has 0 fully saturated rings. The number of para-hydroxylation sites is 1. The molecule has 0 aliphatic carbocycles. The highest BCUT2D eigenvalue weighted by atomic mass is 16.5. The Bertz CT molecular complexity index is 2560. The number of hydrogen-bond donors (Lipinski definition) is 0. The Balaban J connectivity index is 1.24. The van der Waals surface area contributed by atoms with Gasteiger partial charge in [-0.3, -0.25) is 0 Å². The Morgan fingerprint density at radius 1 is 0.404 bits per heavy atom. The van der Waals surface area contributed by atoms with Crippen molar-refractivity contribution >= 4 is 5.69 Å². The van der Waals surface area contributed by atoms with Crippen molar-refractivity contribution in [3.63, 3.8) is 0 Å². The molecule has 1 aliphatic rings. The van der Waals surface area contributed by atoms with Gasteiger partial charge in [-0.05, 0) is 52.6 Å². The lowest BCUT2D eigenvalue weighted by Crippen LogP contribution is -2.34. The minimum atomic E-state index is -0.665. The van der Waals surface area contributed by atoms with E-state index in [0.717, 1.165) is 61.6 Å². The van der Waals surface area contributed by atoms with E-state index in [0.29, 0.717) is 23.2 Å². The summed E-state index contributed by atoms with van der Waals surface area (Å²) in [5.41, 5.74) is 8.92. The van der Waals surface area contributed by atoms with Crippen molar-refractivity contribution in [2.24, 2.45) is 0 Å². The number of ether oxygens (including phenoxy) is 1. The van der Waals surface area contributed by atoms with Crippen LogP contribution in [0.4, 0.5) is 5.69 Å². The van der Waals surface area contributed by atoms with Gasteiger partial charge >= 0.3 is 0 Å². The summed E-state index contributed by atoms with van der Waals surface area (Å²) in [4.78, 5) is 18.8. The smallest absolute Gasteiger partial charge is 0.187 e. The molecule has 8 aromatic rings. The fraction of sp³-hybridized carbons (Fsp3) is 0.0213. The maximum Gasteiger partial charge on any atom is 0.187 e. The van der Waals surface area contributed by atoms with Crippen LogP contribution in [0.5, 0.6) is 11.5 Å². The number of fused-ring (bicyclic) bond motifs is 2. The van der Waals surface area contributed by atoms with E-state index in [1.54, 1.807) is 0 Å². The molecule has 0 saturated carbocycles. The van der Waals surface area contributed by atoms with Crippen molar-refractivity contribution < 1.29 is 4.74 Å². The molecular formula is C47H30N4O. The van der Waals surface area contributed by atoms with Crippen molar-refractivity contribution in [1.82, 2.24) is 15.0 Å². The SMILES string of the molecule is [C-]#[N+]c1cccc(-c2ccc(-c3nc(-c4ccccc4)nc(-c4ccc5c(c4)C(c4ccccc4)(c4ccccc4)c4ccccc4O5)n3)cc2)c1. The molecular weight excluding hydrogens is 637 g/mol. The zero-order valence-corrected chi connectivity index (χ0v) is 28.0. The molecule has 0 amide bonds. The first kappa shape index (κ1) is 30.9. The highest BCUT2D eigenvalue weighted by Gasteiger charge is 2.45. The number of aromatic nitrogens is 3. The molecule has 0 spiro atoms. The van der Waals surface area contributed by atoms with E-state index in [2.05, 4.69) is 83.7 Å². The molecule has 0 bridgehead atoms. The molecule has 7 aromatic carbocycles. The normalized spacial score (nSPS) is 12.5. The van der Waals surface area contributed by atoms with Crippen molar-refractivity contribution in [2.75, 3.05) is 0 Å². The van der Waals surface area contributed by atoms with Gasteiger partial charge in [0.1, 0.15) is 11.5 Å². The number of hydrogen-bond acceptors (Lipinski definition) is 4. The molecule has 0 saturated heterocycles. The molecule has 244 valence electrons. The van der Waals surface area contributed by atoms with Gasteiger partial charge < -0.3 is 4.74 Å². The highest BCUT2D eigenvalue weighted by molar-refractivity contribution is 5.75. The van der Waals surface area contributed by atoms with Crippen LogP contribution in [-0.2, 0) is 5.41 Å². The van der Waals surface area contributed by atoms with Gasteiger partial charge in [0.2, 0.25) is 0 Å². The zero-order chi connectivity index (χ0) is 34.9. The first-order chi connectivity index (χ1) is 25.7. The number of benzene rings is 7. The maximum atomic E-state index is 7.42. The van der Waals surface area contributed by atoms with Crippen LogP contribution in [0.15, 0.2) is 182 Å². The van der Waals surface area contributed by atoms with E-state index in [9.17, 15) is 0 Å². The average molecular weight is 667 g/mol. The molecule has 52 heavy (non-hydrogen) atoms. The van der Waals surface area contributed by atoms with E-state index < -0.39 is 5.41 Å². The van der Waals surface area contributed by atoms with Crippen LogP contribution in [0, 0.1) is 6.57 Å². The summed E-state index contributed by atoms with van der Waals surface area (Å²) < 4.78 is 6.65. The third kappa shape index (κ3) is 5.31. The summed E-state index contributed by atoms with van der Waals surface area (Å²) in [6.45, 7) is 7.42. The van der Waals surface area contributed by atoms with Gasteiger partial charge in [0.15, 0.2) is 23.2 Å². The number of nitrogens with zero attached hydrogens (tertiary/aromatic N) is 4. The van der Waals surface area contributed by atoms with Gasteiger partial charge in [0.05, 0.1) is 12.0 Å². The topological polar surface area (TPSA) is 52.3 Å². The molecule has 5 nitrogen and oxygen atoms in total.